The third-order valence-corrected chi connectivity index (χ3v) is 4.52. The van der Waals surface area contributed by atoms with E-state index in [-0.39, 0.29) is 6.04 Å². The summed E-state index contributed by atoms with van der Waals surface area (Å²) in [6.07, 6.45) is 3.53. The Balaban J connectivity index is 1.80. The Morgan fingerprint density at radius 2 is 2.00 bits per heavy atom. The van der Waals surface area contributed by atoms with Crippen molar-refractivity contribution in [3.05, 3.63) is 57.8 Å². The van der Waals surface area contributed by atoms with Gasteiger partial charge in [-0.15, -0.1) is 0 Å². The normalized spacial score (nSPS) is 20.9. The van der Waals surface area contributed by atoms with Crippen molar-refractivity contribution in [1.29, 1.82) is 0 Å². The van der Waals surface area contributed by atoms with E-state index in [1.807, 2.05) is 0 Å². The van der Waals surface area contributed by atoms with Crippen LogP contribution in [-0.4, -0.2) is 0 Å². The predicted molar refractivity (Wildman–Crippen MR) is 73.2 cm³/mol. The quantitative estimate of drug-likeness (QED) is 0.857. The van der Waals surface area contributed by atoms with Gasteiger partial charge in [0.05, 0.1) is 0 Å². The number of aryl methyl sites for hydroxylation is 1. The second-order valence-electron chi connectivity index (χ2n) is 4.85. The van der Waals surface area contributed by atoms with Gasteiger partial charge in [0, 0.05) is 6.04 Å². The van der Waals surface area contributed by atoms with Gasteiger partial charge in [-0.2, -0.15) is 11.3 Å². The van der Waals surface area contributed by atoms with Crippen molar-refractivity contribution >= 4 is 11.3 Å². The van der Waals surface area contributed by atoms with Crippen LogP contribution in [0.1, 0.15) is 29.2 Å². The van der Waals surface area contributed by atoms with Crippen molar-refractivity contribution in [2.75, 3.05) is 0 Å². The van der Waals surface area contributed by atoms with Crippen LogP contribution < -0.4 is 5.73 Å². The van der Waals surface area contributed by atoms with Gasteiger partial charge in [0.1, 0.15) is 0 Å². The molecule has 1 aromatic carbocycles. The fraction of sp³-hybridized carbons (Fsp3) is 0.333. The minimum absolute atomic E-state index is 0.203. The van der Waals surface area contributed by atoms with E-state index in [0.29, 0.717) is 5.92 Å². The Morgan fingerprint density at radius 3 is 2.76 bits per heavy atom. The van der Waals surface area contributed by atoms with Gasteiger partial charge in [-0.05, 0) is 58.7 Å². The topological polar surface area (TPSA) is 26.0 Å². The lowest BCUT2D eigenvalue weighted by Gasteiger charge is -2.29. The summed E-state index contributed by atoms with van der Waals surface area (Å²) in [6, 6.07) is 11.1. The van der Waals surface area contributed by atoms with E-state index in [1.165, 1.54) is 29.5 Å². The van der Waals surface area contributed by atoms with Crippen LogP contribution in [0.25, 0.3) is 0 Å². The molecule has 2 heteroatoms. The van der Waals surface area contributed by atoms with Crippen molar-refractivity contribution in [1.82, 2.24) is 0 Å². The van der Waals surface area contributed by atoms with E-state index < -0.39 is 0 Å². The van der Waals surface area contributed by atoms with Crippen LogP contribution in [0.2, 0.25) is 0 Å². The maximum absolute atomic E-state index is 6.38. The summed E-state index contributed by atoms with van der Waals surface area (Å²) in [5, 5.41) is 4.30. The lowest BCUT2D eigenvalue weighted by atomic mass is 9.79. The van der Waals surface area contributed by atoms with Crippen LogP contribution in [0, 0.1) is 5.92 Å². The number of thiophene rings is 1. The molecule has 17 heavy (non-hydrogen) atoms. The molecular formula is C15H17NS. The summed E-state index contributed by atoms with van der Waals surface area (Å²) in [5.41, 5.74) is 10.7. The summed E-state index contributed by atoms with van der Waals surface area (Å²) in [4.78, 5) is 0. The number of hydrogen-bond donors (Lipinski definition) is 1. The molecule has 2 atom stereocenters. The zero-order valence-corrected chi connectivity index (χ0v) is 10.6. The highest BCUT2D eigenvalue weighted by Gasteiger charge is 2.24. The molecule has 88 valence electrons. The summed E-state index contributed by atoms with van der Waals surface area (Å²) in [5.74, 6) is 0.597. The molecule has 2 aromatic rings. The molecule has 0 fully saturated rings. The van der Waals surface area contributed by atoms with E-state index in [2.05, 4.69) is 41.1 Å². The zero-order chi connectivity index (χ0) is 11.7. The van der Waals surface area contributed by atoms with Crippen molar-refractivity contribution in [3.8, 4) is 0 Å². The van der Waals surface area contributed by atoms with Gasteiger partial charge in [0.15, 0.2) is 0 Å². The summed E-state index contributed by atoms with van der Waals surface area (Å²) in [6.45, 7) is 0. The largest absolute Gasteiger partial charge is 0.324 e. The molecule has 1 nitrogen and oxygen atoms in total. The van der Waals surface area contributed by atoms with Crippen LogP contribution in [0.3, 0.4) is 0 Å². The molecule has 1 aliphatic rings. The standard InChI is InChI=1S/C15H17NS/c16-15(14-7-8-17-10-14)13-6-5-11-3-1-2-4-12(11)9-13/h1-4,7-8,10,13,15H,5-6,9,16H2. The average Bonchev–Trinajstić information content (AvgIpc) is 2.91. The highest BCUT2D eigenvalue weighted by molar-refractivity contribution is 7.07. The summed E-state index contributed by atoms with van der Waals surface area (Å²) < 4.78 is 0. The highest BCUT2D eigenvalue weighted by Crippen LogP contribution is 2.33. The van der Waals surface area contributed by atoms with Gasteiger partial charge in [-0.25, -0.2) is 0 Å². The fourth-order valence-electron chi connectivity index (χ4n) is 2.77. The van der Waals surface area contributed by atoms with Crippen LogP contribution in [0.4, 0.5) is 0 Å². The molecule has 0 radical (unpaired) electrons. The smallest absolute Gasteiger partial charge is 0.0335 e. The Labute approximate surface area is 106 Å². The van der Waals surface area contributed by atoms with Gasteiger partial charge in [-0.1, -0.05) is 24.3 Å². The van der Waals surface area contributed by atoms with Crippen molar-refractivity contribution in [2.24, 2.45) is 11.7 Å². The van der Waals surface area contributed by atoms with E-state index >= 15 is 0 Å². The van der Waals surface area contributed by atoms with E-state index in [1.54, 1.807) is 11.3 Å². The molecule has 2 N–H and O–H groups in total. The predicted octanol–water partition coefficient (Wildman–Crippen LogP) is 3.55. The first kappa shape index (κ1) is 11.0. The summed E-state index contributed by atoms with van der Waals surface area (Å²) >= 11 is 1.74. The van der Waals surface area contributed by atoms with E-state index in [4.69, 9.17) is 5.73 Å². The molecule has 0 saturated heterocycles. The SMILES string of the molecule is NC(c1ccsc1)C1CCc2ccccc2C1. The Bertz CT molecular complexity index is 489. The van der Waals surface area contributed by atoms with Gasteiger partial charge < -0.3 is 5.73 Å². The first-order valence-electron chi connectivity index (χ1n) is 6.19. The molecule has 1 aromatic heterocycles. The van der Waals surface area contributed by atoms with Crippen LogP contribution in [0.5, 0.6) is 0 Å². The maximum atomic E-state index is 6.38. The number of fused-ring (bicyclic) bond motifs is 1. The molecule has 0 amide bonds. The van der Waals surface area contributed by atoms with Gasteiger partial charge in [0.2, 0.25) is 0 Å². The van der Waals surface area contributed by atoms with Gasteiger partial charge >= 0.3 is 0 Å². The molecule has 0 spiro atoms. The Kier molecular flexibility index (Phi) is 3.00. The van der Waals surface area contributed by atoms with Crippen molar-refractivity contribution < 1.29 is 0 Å². The highest BCUT2D eigenvalue weighted by atomic mass is 32.1. The Morgan fingerprint density at radius 1 is 1.18 bits per heavy atom. The average molecular weight is 243 g/mol. The van der Waals surface area contributed by atoms with Crippen molar-refractivity contribution in [3.63, 3.8) is 0 Å². The molecular weight excluding hydrogens is 226 g/mol. The molecule has 1 aliphatic carbocycles. The van der Waals surface area contributed by atoms with Gasteiger partial charge in [-0.3, -0.25) is 0 Å². The molecule has 1 heterocycles. The number of benzene rings is 1. The third-order valence-electron chi connectivity index (χ3n) is 3.82. The molecule has 0 aliphatic heterocycles. The monoisotopic (exact) mass is 243 g/mol. The number of rotatable bonds is 2. The lowest BCUT2D eigenvalue weighted by Crippen LogP contribution is -2.26. The number of hydrogen-bond acceptors (Lipinski definition) is 2. The fourth-order valence-corrected chi connectivity index (χ4v) is 3.48. The van der Waals surface area contributed by atoms with E-state index in [0.717, 1.165) is 6.42 Å². The minimum atomic E-state index is 0.203. The molecule has 3 rings (SSSR count). The second kappa shape index (κ2) is 4.63. The molecule has 2 unspecified atom stereocenters. The lowest BCUT2D eigenvalue weighted by molar-refractivity contribution is 0.383. The second-order valence-corrected chi connectivity index (χ2v) is 5.63. The zero-order valence-electron chi connectivity index (χ0n) is 9.80. The molecule has 0 bridgehead atoms. The number of nitrogens with two attached hydrogens (primary N) is 1. The summed E-state index contributed by atoms with van der Waals surface area (Å²) in [7, 11) is 0. The van der Waals surface area contributed by atoms with Crippen LogP contribution >= 0.6 is 11.3 Å². The van der Waals surface area contributed by atoms with E-state index in [9.17, 15) is 0 Å². The third kappa shape index (κ3) is 2.15. The minimum Gasteiger partial charge on any atom is -0.324 e. The maximum Gasteiger partial charge on any atom is 0.0335 e. The van der Waals surface area contributed by atoms with Gasteiger partial charge in [0.25, 0.3) is 0 Å². The van der Waals surface area contributed by atoms with Crippen molar-refractivity contribution in [2.45, 2.75) is 25.3 Å². The molecule has 0 saturated carbocycles. The first-order valence-corrected chi connectivity index (χ1v) is 7.13. The first-order chi connectivity index (χ1) is 8.34. The van der Waals surface area contributed by atoms with Crippen LogP contribution in [0.15, 0.2) is 41.1 Å². The van der Waals surface area contributed by atoms with Crippen LogP contribution in [-0.2, 0) is 12.8 Å². The Hall–Kier alpha value is -1.12.